The summed E-state index contributed by atoms with van der Waals surface area (Å²) in [7, 11) is 0. The van der Waals surface area contributed by atoms with Crippen molar-refractivity contribution in [3.63, 3.8) is 0 Å². The summed E-state index contributed by atoms with van der Waals surface area (Å²) in [4.78, 5) is 28.1. The number of aliphatic hydroxyl groups is 1. The summed E-state index contributed by atoms with van der Waals surface area (Å²) < 4.78 is 0. The summed E-state index contributed by atoms with van der Waals surface area (Å²) in [6, 6.07) is 14.1. The smallest absolute Gasteiger partial charge is 0.346 e. The monoisotopic (exact) mass is 433 g/mol. The highest BCUT2D eigenvalue weighted by atomic mass is 32.1. The molecular weight excluding hydrogens is 414 g/mol. The Labute approximate surface area is 181 Å². The predicted octanol–water partition coefficient (Wildman–Crippen LogP) is 4.93. The fourth-order valence-electron chi connectivity index (χ4n) is 3.52. The topological polar surface area (TPSA) is 111 Å². The molecule has 0 amide bonds. The number of carbonyl (C=O) groups excluding carboxylic acids is 1. The van der Waals surface area contributed by atoms with E-state index in [0.29, 0.717) is 16.5 Å². The molecular formula is C24H19NO5S. The first kappa shape index (κ1) is 20.6. The van der Waals surface area contributed by atoms with E-state index in [2.05, 4.69) is 4.98 Å². The molecule has 2 aromatic heterocycles. The molecule has 6 nitrogen and oxygen atoms in total. The lowest BCUT2D eigenvalue weighted by atomic mass is 10.0. The summed E-state index contributed by atoms with van der Waals surface area (Å²) in [5, 5.41) is 30.4. The normalized spacial score (nSPS) is 11.7. The minimum absolute atomic E-state index is 0.0235. The Balaban J connectivity index is 1.85. The first-order valence-electron chi connectivity index (χ1n) is 9.49. The number of thiophene rings is 1. The van der Waals surface area contributed by atoms with Crippen LogP contribution in [0, 0.1) is 0 Å². The summed E-state index contributed by atoms with van der Waals surface area (Å²) in [5.41, 5.74) is 3.30. The molecule has 4 N–H and O–H groups in total. The number of carbonyl (C=O) groups is 2. The number of fused-ring (bicyclic) bond motifs is 1. The van der Waals surface area contributed by atoms with Crippen LogP contribution in [0.5, 0.6) is 5.75 Å². The molecule has 7 heteroatoms. The largest absolute Gasteiger partial charge is 0.506 e. The molecule has 4 aromatic rings. The second-order valence-corrected chi connectivity index (χ2v) is 8.13. The zero-order valence-electron chi connectivity index (χ0n) is 16.5. The Kier molecular flexibility index (Phi) is 5.46. The van der Waals surface area contributed by atoms with E-state index in [1.54, 1.807) is 55.6 Å². The van der Waals surface area contributed by atoms with Crippen molar-refractivity contribution in [2.75, 3.05) is 6.61 Å². The molecule has 0 aliphatic carbocycles. The molecule has 2 aromatic carbocycles. The Morgan fingerprint density at radius 2 is 1.81 bits per heavy atom. The van der Waals surface area contributed by atoms with Gasteiger partial charge in [-0.3, -0.25) is 4.79 Å². The molecule has 0 aliphatic heterocycles. The van der Waals surface area contributed by atoms with Crippen molar-refractivity contribution in [2.45, 2.75) is 6.92 Å². The number of rotatable bonds is 6. The molecule has 0 radical (unpaired) electrons. The Morgan fingerprint density at radius 3 is 2.48 bits per heavy atom. The Hall–Kier alpha value is -3.68. The number of hydrogen-bond donors (Lipinski definition) is 4. The van der Waals surface area contributed by atoms with Gasteiger partial charge < -0.3 is 20.3 Å². The molecule has 0 bridgehead atoms. The van der Waals surface area contributed by atoms with Gasteiger partial charge in [-0.15, -0.1) is 11.3 Å². The third kappa shape index (κ3) is 3.65. The molecule has 156 valence electrons. The number of aromatic nitrogens is 1. The van der Waals surface area contributed by atoms with Crippen LogP contribution in [-0.4, -0.2) is 38.7 Å². The van der Waals surface area contributed by atoms with Gasteiger partial charge in [0.2, 0.25) is 5.78 Å². The SMILES string of the molecule is CC(=Cc1cccc2c(C(=O)c3sc(C(=O)O)c(-c4ccccc4)c3O)c[nH]c12)CO. The highest BCUT2D eigenvalue weighted by Crippen LogP contribution is 2.43. The van der Waals surface area contributed by atoms with Crippen molar-refractivity contribution in [2.24, 2.45) is 0 Å². The van der Waals surface area contributed by atoms with Crippen molar-refractivity contribution in [1.82, 2.24) is 4.98 Å². The number of carboxylic acid groups (broad SMARTS) is 1. The third-order valence-electron chi connectivity index (χ3n) is 4.99. The van der Waals surface area contributed by atoms with Crippen LogP contribution in [0.3, 0.4) is 0 Å². The molecule has 4 rings (SSSR count). The van der Waals surface area contributed by atoms with E-state index in [1.807, 2.05) is 12.1 Å². The van der Waals surface area contributed by atoms with Crippen LogP contribution in [0.25, 0.3) is 28.1 Å². The number of nitrogens with one attached hydrogen (secondary N) is 1. The fourth-order valence-corrected chi connectivity index (χ4v) is 4.53. The first-order chi connectivity index (χ1) is 14.9. The lowest BCUT2D eigenvalue weighted by Crippen LogP contribution is -1.98. The van der Waals surface area contributed by atoms with Gasteiger partial charge in [0.05, 0.1) is 12.1 Å². The maximum absolute atomic E-state index is 13.3. The van der Waals surface area contributed by atoms with E-state index in [4.69, 9.17) is 0 Å². The number of aliphatic hydroxyl groups excluding tert-OH is 1. The summed E-state index contributed by atoms with van der Waals surface area (Å²) in [6.45, 7) is 1.72. The molecule has 0 saturated heterocycles. The maximum Gasteiger partial charge on any atom is 0.346 e. The van der Waals surface area contributed by atoms with Gasteiger partial charge in [0.15, 0.2) is 0 Å². The summed E-state index contributed by atoms with van der Waals surface area (Å²) >= 11 is 0.764. The molecule has 2 heterocycles. The van der Waals surface area contributed by atoms with Crippen molar-refractivity contribution in [3.8, 4) is 16.9 Å². The third-order valence-corrected chi connectivity index (χ3v) is 6.16. The first-order valence-corrected chi connectivity index (χ1v) is 10.3. The number of para-hydroxylation sites is 1. The summed E-state index contributed by atoms with van der Waals surface area (Å²) in [5.74, 6) is -2.00. The van der Waals surface area contributed by atoms with Gasteiger partial charge in [0.1, 0.15) is 15.5 Å². The van der Waals surface area contributed by atoms with Crippen molar-refractivity contribution < 1.29 is 24.9 Å². The highest BCUT2D eigenvalue weighted by molar-refractivity contribution is 7.17. The lowest BCUT2D eigenvalue weighted by molar-refractivity contribution is 0.0702. The van der Waals surface area contributed by atoms with Crippen LogP contribution in [0.1, 0.15) is 37.4 Å². The van der Waals surface area contributed by atoms with E-state index in [9.17, 15) is 24.9 Å². The molecule has 0 atom stereocenters. The standard InChI is InChI=1S/C24H19NO5S/c1-13(12-26)10-15-8-5-9-16-17(11-25-19(15)16)20(27)23-21(28)18(22(31-23)24(29)30)14-6-3-2-4-7-14/h2-11,25-26,28H,12H2,1H3,(H,29,30). The Bertz CT molecular complexity index is 1330. The van der Waals surface area contributed by atoms with E-state index >= 15 is 0 Å². The lowest BCUT2D eigenvalue weighted by Gasteiger charge is -2.03. The highest BCUT2D eigenvalue weighted by Gasteiger charge is 2.28. The van der Waals surface area contributed by atoms with Crippen molar-refractivity contribution in [3.05, 3.63) is 81.2 Å². The fraction of sp³-hybridized carbons (Fsp3) is 0.0833. The van der Waals surface area contributed by atoms with Gasteiger partial charge in [-0.1, -0.05) is 54.6 Å². The average Bonchev–Trinajstić information content (AvgIpc) is 3.36. The number of H-pyrrole nitrogens is 1. The number of aromatic carboxylic acids is 1. The second kappa shape index (κ2) is 8.22. The molecule has 0 aliphatic rings. The average molecular weight is 433 g/mol. The van der Waals surface area contributed by atoms with E-state index in [1.165, 1.54) is 0 Å². The van der Waals surface area contributed by atoms with Crippen molar-refractivity contribution >= 4 is 40.1 Å². The minimum Gasteiger partial charge on any atom is -0.506 e. The van der Waals surface area contributed by atoms with Crippen LogP contribution >= 0.6 is 11.3 Å². The van der Waals surface area contributed by atoms with Gasteiger partial charge in [0, 0.05) is 22.7 Å². The Morgan fingerprint density at radius 1 is 1.06 bits per heavy atom. The predicted molar refractivity (Wildman–Crippen MR) is 121 cm³/mol. The molecule has 0 unspecified atom stereocenters. The number of aromatic amines is 1. The van der Waals surface area contributed by atoms with Gasteiger partial charge >= 0.3 is 5.97 Å². The van der Waals surface area contributed by atoms with Crippen LogP contribution in [-0.2, 0) is 0 Å². The van der Waals surface area contributed by atoms with Gasteiger partial charge in [-0.2, -0.15) is 0 Å². The molecule has 0 fully saturated rings. The van der Waals surface area contributed by atoms with Crippen molar-refractivity contribution in [1.29, 1.82) is 0 Å². The van der Waals surface area contributed by atoms with E-state index in [-0.39, 0.29) is 27.7 Å². The van der Waals surface area contributed by atoms with Crippen LogP contribution in [0.2, 0.25) is 0 Å². The zero-order valence-corrected chi connectivity index (χ0v) is 17.4. The number of hydrogen-bond acceptors (Lipinski definition) is 5. The maximum atomic E-state index is 13.3. The number of ketones is 1. The van der Waals surface area contributed by atoms with E-state index in [0.717, 1.165) is 28.0 Å². The number of benzene rings is 2. The van der Waals surface area contributed by atoms with Gasteiger partial charge in [-0.25, -0.2) is 4.79 Å². The zero-order chi connectivity index (χ0) is 22.1. The van der Waals surface area contributed by atoms with Gasteiger partial charge in [0.25, 0.3) is 0 Å². The minimum atomic E-state index is -1.20. The summed E-state index contributed by atoms with van der Waals surface area (Å²) in [6.07, 6.45) is 3.38. The van der Waals surface area contributed by atoms with Crippen LogP contribution < -0.4 is 0 Å². The van der Waals surface area contributed by atoms with Crippen LogP contribution in [0.4, 0.5) is 0 Å². The second-order valence-electron chi connectivity index (χ2n) is 7.11. The number of aromatic hydroxyl groups is 1. The quantitative estimate of drug-likeness (QED) is 0.322. The van der Waals surface area contributed by atoms with Crippen LogP contribution in [0.15, 0.2) is 60.3 Å². The molecule has 0 saturated carbocycles. The molecule has 31 heavy (non-hydrogen) atoms. The number of carboxylic acids is 1. The molecule has 0 spiro atoms. The van der Waals surface area contributed by atoms with E-state index < -0.39 is 11.8 Å². The van der Waals surface area contributed by atoms with Gasteiger partial charge in [-0.05, 0) is 23.6 Å².